The number of H-pyrrole nitrogens is 1. The molecule has 3 heteroatoms. The molecule has 0 spiro atoms. The Morgan fingerprint density at radius 3 is 2.78 bits per heavy atom. The van der Waals surface area contributed by atoms with Gasteiger partial charge in [0.05, 0.1) is 6.33 Å². The molecule has 0 aliphatic carbocycles. The van der Waals surface area contributed by atoms with Gasteiger partial charge in [-0.05, 0) is 31.9 Å². The molecule has 1 aliphatic rings. The van der Waals surface area contributed by atoms with Crippen molar-refractivity contribution in [2.24, 2.45) is 0 Å². The first-order chi connectivity index (χ1) is 8.76. The third kappa shape index (κ3) is 2.62. The number of hydrogen-bond donors (Lipinski definition) is 2. The molecule has 0 amide bonds. The highest BCUT2D eigenvalue weighted by atomic mass is 19.1. The molecule has 1 aliphatic heterocycles. The Morgan fingerprint density at radius 2 is 2.06 bits per heavy atom. The first-order valence-corrected chi connectivity index (χ1v) is 6.29. The second-order valence-electron chi connectivity index (χ2n) is 4.57. The van der Waals surface area contributed by atoms with Gasteiger partial charge in [-0.15, -0.1) is 0 Å². The molecule has 1 aromatic heterocycles. The van der Waals surface area contributed by atoms with Crippen LogP contribution in [0.1, 0.15) is 25.1 Å². The summed E-state index contributed by atoms with van der Waals surface area (Å²) in [5.41, 5.74) is 4.14. The van der Waals surface area contributed by atoms with E-state index in [4.69, 9.17) is 0 Å². The molecule has 1 atom stereocenters. The summed E-state index contributed by atoms with van der Waals surface area (Å²) in [5.74, 6) is 0. The summed E-state index contributed by atoms with van der Waals surface area (Å²) in [6.07, 6.45) is 2.97. The van der Waals surface area contributed by atoms with E-state index in [9.17, 15) is 4.39 Å². The summed E-state index contributed by atoms with van der Waals surface area (Å²) in [6.45, 7) is 4.84. The van der Waals surface area contributed by atoms with Gasteiger partial charge in [-0.2, -0.15) is 0 Å². The SMILES string of the molecule is C/C=C/F.CC1Cc2c([nH]c3ccccc23)CN1. The lowest BCUT2D eigenvalue weighted by Gasteiger charge is -2.20. The van der Waals surface area contributed by atoms with E-state index in [1.54, 1.807) is 6.92 Å². The van der Waals surface area contributed by atoms with Crippen molar-refractivity contribution in [2.75, 3.05) is 0 Å². The van der Waals surface area contributed by atoms with Gasteiger partial charge in [0.1, 0.15) is 0 Å². The minimum Gasteiger partial charge on any atom is -0.357 e. The second kappa shape index (κ2) is 5.83. The zero-order valence-electron chi connectivity index (χ0n) is 10.8. The van der Waals surface area contributed by atoms with Gasteiger partial charge in [-0.3, -0.25) is 0 Å². The summed E-state index contributed by atoms with van der Waals surface area (Å²) in [5, 5.41) is 4.87. The Kier molecular flexibility index (Phi) is 4.15. The Labute approximate surface area is 107 Å². The number of aromatic amines is 1. The smallest absolute Gasteiger partial charge is 0.0824 e. The zero-order valence-corrected chi connectivity index (χ0v) is 10.8. The van der Waals surface area contributed by atoms with Crippen LogP contribution in [0, 0.1) is 0 Å². The van der Waals surface area contributed by atoms with Gasteiger partial charge in [0.2, 0.25) is 0 Å². The van der Waals surface area contributed by atoms with Gasteiger partial charge in [-0.25, -0.2) is 4.39 Å². The molecular formula is C15H19FN2. The van der Waals surface area contributed by atoms with E-state index in [1.807, 2.05) is 0 Å². The van der Waals surface area contributed by atoms with Gasteiger partial charge < -0.3 is 10.3 Å². The van der Waals surface area contributed by atoms with E-state index in [0.717, 1.165) is 13.0 Å². The van der Waals surface area contributed by atoms with E-state index < -0.39 is 0 Å². The minimum absolute atomic E-state index is 0.500. The van der Waals surface area contributed by atoms with Crippen LogP contribution in [-0.4, -0.2) is 11.0 Å². The molecule has 2 N–H and O–H groups in total. The van der Waals surface area contributed by atoms with Crippen molar-refractivity contribution >= 4 is 10.9 Å². The van der Waals surface area contributed by atoms with Crippen molar-refractivity contribution in [1.29, 1.82) is 0 Å². The van der Waals surface area contributed by atoms with Gasteiger partial charge in [0.15, 0.2) is 0 Å². The van der Waals surface area contributed by atoms with E-state index in [2.05, 4.69) is 41.5 Å². The molecule has 1 aromatic carbocycles. The highest BCUT2D eigenvalue weighted by Crippen LogP contribution is 2.25. The highest BCUT2D eigenvalue weighted by molar-refractivity contribution is 5.84. The summed E-state index contributed by atoms with van der Waals surface area (Å²) in [6, 6.07) is 9.16. The molecule has 2 nitrogen and oxygen atoms in total. The minimum atomic E-state index is 0.500. The van der Waals surface area contributed by atoms with Crippen LogP contribution in [0.25, 0.3) is 10.9 Å². The van der Waals surface area contributed by atoms with E-state index >= 15 is 0 Å². The van der Waals surface area contributed by atoms with Crippen LogP contribution in [0.15, 0.2) is 36.7 Å². The third-order valence-corrected chi connectivity index (χ3v) is 3.17. The van der Waals surface area contributed by atoms with Crippen LogP contribution in [0.4, 0.5) is 4.39 Å². The lowest BCUT2D eigenvalue weighted by molar-refractivity contribution is 0.511. The molecule has 2 heterocycles. The second-order valence-corrected chi connectivity index (χ2v) is 4.57. The van der Waals surface area contributed by atoms with Crippen molar-refractivity contribution in [2.45, 2.75) is 32.9 Å². The number of fused-ring (bicyclic) bond motifs is 3. The summed E-state index contributed by atoms with van der Waals surface area (Å²) in [4.78, 5) is 3.47. The predicted octanol–water partition coefficient (Wildman–Crippen LogP) is 3.69. The number of nitrogens with one attached hydrogen (secondary N) is 2. The number of halogens is 1. The van der Waals surface area contributed by atoms with Crippen molar-refractivity contribution in [3.05, 3.63) is 47.9 Å². The first-order valence-electron chi connectivity index (χ1n) is 6.29. The zero-order chi connectivity index (χ0) is 13.0. The summed E-state index contributed by atoms with van der Waals surface area (Å²) < 4.78 is 10.5. The lowest BCUT2D eigenvalue weighted by atomic mass is 10.00. The number of benzene rings is 1. The normalized spacial score (nSPS) is 18.5. The molecule has 18 heavy (non-hydrogen) atoms. The van der Waals surface area contributed by atoms with Gasteiger partial charge in [0.25, 0.3) is 0 Å². The van der Waals surface area contributed by atoms with Crippen LogP contribution in [-0.2, 0) is 13.0 Å². The molecule has 3 rings (SSSR count). The molecule has 0 saturated heterocycles. The predicted molar refractivity (Wildman–Crippen MR) is 74.2 cm³/mol. The topological polar surface area (TPSA) is 27.8 Å². The van der Waals surface area contributed by atoms with Crippen LogP contribution in [0.3, 0.4) is 0 Å². The Balaban J connectivity index is 0.000000267. The number of aromatic nitrogens is 1. The Hall–Kier alpha value is -1.61. The fourth-order valence-electron chi connectivity index (χ4n) is 2.29. The molecule has 96 valence electrons. The largest absolute Gasteiger partial charge is 0.357 e. The van der Waals surface area contributed by atoms with Crippen LogP contribution < -0.4 is 5.32 Å². The molecule has 1 unspecified atom stereocenters. The van der Waals surface area contributed by atoms with Gasteiger partial charge >= 0.3 is 0 Å². The average molecular weight is 246 g/mol. The molecule has 0 bridgehead atoms. The third-order valence-electron chi connectivity index (χ3n) is 3.17. The van der Waals surface area contributed by atoms with E-state index in [-0.39, 0.29) is 0 Å². The lowest BCUT2D eigenvalue weighted by Crippen LogP contribution is -2.32. The molecule has 0 saturated carbocycles. The number of allylic oxidation sites excluding steroid dienone is 1. The van der Waals surface area contributed by atoms with Crippen LogP contribution in [0.5, 0.6) is 0 Å². The molecular weight excluding hydrogens is 227 g/mol. The highest BCUT2D eigenvalue weighted by Gasteiger charge is 2.18. The maximum absolute atomic E-state index is 10.5. The van der Waals surface area contributed by atoms with Gasteiger partial charge in [-0.1, -0.05) is 24.3 Å². The van der Waals surface area contributed by atoms with Crippen LogP contribution >= 0.6 is 0 Å². The van der Waals surface area contributed by atoms with Gasteiger partial charge in [0, 0.05) is 29.2 Å². The average Bonchev–Trinajstić information content (AvgIpc) is 2.77. The van der Waals surface area contributed by atoms with Crippen molar-refractivity contribution < 1.29 is 4.39 Å². The fourth-order valence-corrected chi connectivity index (χ4v) is 2.29. The molecule has 0 radical (unpaired) electrons. The Bertz CT molecular complexity index is 538. The number of rotatable bonds is 0. The number of hydrogen-bond acceptors (Lipinski definition) is 1. The fraction of sp³-hybridized carbons (Fsp3) is 0.333. The maximum Gasteiger partial charge on any atom is 0.0824 e. The van der Waals surface area contributed by atoms with Crippen LogP contribution in [0.2, 0.25) is 0 Å². The quantitative estimate of drug-likeness (QED) is 0.729. The molecule has 2 aromatic rings. The van der Waals surface area contributed by atoms with E-state index in [1.165, 1.54) is 28.2 Å². The standard InChI is InChI=1S/C12H14N2.C3H5F/c1-8-6-10-9-4-2-3-5-11(9)14-12(10)7-13-8;1-2-3-4/h2-5,8,13-14H,6-7H2,1H3;2-3H,1H3/b;3-2+. The maximum atomic E-state index is 10.5. The Morgan fingerprint density at radius 1 is 1.33 bits per heavy atom. The summed E-state index contributed by atoms with van der Waals surface area (Å²) in [7, 11) is 0. The van der Waals surface area contributed by atoms with Crippen molar-refractivity contribution in [1.82, 2.24) is 10.3 Å². The van der Waals surface area contributed by atoms with Crippen molar-refractivity contribution in [3.63, 3.8) is 0 Å². The van der Waals surface area contributed by atoms with E-state index in [0.29, 0.717) is 12.4 Å². The van der Waals surface area contributed by atoms with Crippen molar-refractivity contribution in [3.8, 4) is 0 Å². The number of para-hydroxylation sites is 1. The monoisotopic (exact) mass is 246 g/mol. The summed E-state index contributed by atoms with van der Waals surface area (Å²) >= 11 is 0. The molecule has 0 fully saturated rings. The first kappa shape index (κ1) is 12.8.